The standard InChI is InChI=1S/C29H58N4/c1-8-11-14-16-18-24(4)27(7)33-28(25(5)19-15-12-9-2)20-31-21-30-22-32(23-31)29(33)26(6)17-13-10-3/h20,24-27,29-30H,8-19,21-23H2,1-7H3. The van der Waals surface area contributed by atoms with Crippen LogP contribution >= 0.6 is 0 Å². The maximum absolute atomic E-state index is 3.70. The van der Waals surface area contributed by atoms with Gasteiger partial charge in [-0.05, 0) is 43.9 Å². The second-order valence-corrected chi connectivity index (χ2v) is 11.3. The first-order chi connectivity index (χ1) is 15.9. The monoisotopic (exact) mass is 462 g/mol. The molecule has 4 nitrogen and oxygen atoms in total. The summed E-state index contributed by atoms with van der Waals surface area (Å²) < 4.78 is 0. The average molecular weight is 463 g/mol. The van der Waals surface area contributed by atoms with E-state index in [0.29, 0.717) is 24.0 Å². The topological polar surface area (TPSA) is 21.8 Å². The highest BCUT2D eigenvalue weighted by atomic mass is 15.5. The van der Waals surface area contributed by atoms with Gasteiger partial charge in [0.05, 0.1) is 26.2 Å². The first-order valence-corrected chi connectivity index (χ1v) is 14.6. The highest BCUT2D eigenvalue weighted by Gasteiger charge is 2.40. The lowest BCUT2D eigenvalue weighted by Crippen LogP contribution is -2.60. The quantitative estimate of drug-likeness (QED) is 0.238. The predicted molar refractivity (Wildman–Crippen MR) is 145 cm³/mol. The van der Waals surface area contributed by atoms with Crippen LogP contribution in [0.2, 0.25) is 0 Å². The molecule has 0 aromatic heterocycles. The smallest absolute Gasteiger partial charge is 0.0871 e. The Kier molecular flexibility index (Phi) is 13.2. The zero-order valence-electron chi connectivity index (χ0n) is 23.4. The zero-order valence-corrected chi connectivity index (χ0v) is 23.4. The molecule has 2 aliphatic rings. The molecule has 0 aromatic rings. The van der Waals surface area contributed by atoms with E-state index in [1.807, 2.05) is 0 Å². The van der Waals surface area contributed by atoms with Gasteiger partial charge in [-0.15, -0.1) is 0 Å². The Bertz CT molecular complexity index is 548. The molecule has 2 heterocycles. The summed E-state index contributed by atoms with van der Waals surface area (Å²) in [4.78, 5) is 8.19. The minimum atomic E-state index is 0.488. The third-order valence-electron chi connectivity index (χ3n) is 8.31. The molecule has 0 radical (unpaired) electrons. The Hall–Kier alpha value is -0.740. The number of fused-ring (bicyclic) bond motifs is 2. The van der Waals surface area contributed by atoms with Crippen molar-refractivity contribution in [1.29, 1.82) is 0 Å². The Morgan fingerprint density at radius 2 is 1.48 bits per heavy atom. The molecule has 2 aliphatic heterocycles. The lowest BCUT2D eigenvalue weighted by atomic mass is 9.89. The van der Waals surface area contributed by atoms with E-state index < -0.39 is 0 Å². The Morgan fingerprint density at radius 1 is 0.818 bits per heavy atom. The molecular weight excluding hydrogens is 404 g/mol. The van der Waals surface area contributed by atoms with E-state index in [4.69, 9.17) is 0 Å². The van der Waals surface area contributed by atoms with Crippen LogP contribution in [0.5, 0.6) is 0 Å². The van der Waals surface area contributed by atoms with E-state index in [0.717, 1.165) is 25.9 Å². The highest BCUT2D eigenvalue weighted by molar-refractivity contribution is 5.12. The molecule has 1 fully saturated rings. The third kappa shape index (κ3) is 8.46. The number of unbranched alkanes of at least 4 members (excludes halogenated alkanes) is 6. The van der Waals surface area contributed by atoms with Crippen LogP contribution in [0.4, 0.5) is 0 Å². The fraction of sp³-hybridized carbons (Fsp3) is 0.931. The summed E-state index contributed by atoms with van der Waals surface area (Å²) >= 11 is 0. The molecule has 0 spiro atoms. The summed E-state index contributed by atoms with van der Waals surface area (Å²) in [5.41, 5.74) is 1.61. The van der Waals surface area contributed by atoms with Crippen molar-refractivity contribution < 1.29 is 0 Å². The van der Waals surface area contributed by atoms with E-state index in [2.05, 4.69) is 74.7 Å². The summed E-state index contributed by atoms with van der Waals surface area (Å²) in [6, 6.07) is 0.570. The molecule has 33 heavy (non-hydrogen) atoms. The van der Waals surface area contributed by atoms with Gasteiger partial charge < -0.3 is 9.80 Å². The summed E-state index contributed by atoms with van der Waals surface area (Å²) in [6.07, 6.45) is 19.1. The van der Waals surface area contributed by atoms with Crippen molar-refractivity contribution in [3.05, 3.63) is 11.9 Å². The van der Waals surface area contributed by atoms with Gasteiger partial charge >= 0.3 is 0 Å². The Morgan fingerprint density at radius 3 is 2.18 bits per heavy atom. The molecule has 1 N–H and O–H groups in total. The summed E-state index contributed by atoms with van der Waals surface area (Å²) in [6.45, 7) is 20.1. The van der Waals surface area contributed by atoms with E-state index in [-0.39, 0.29) is 0 Å². The van der Waals surface area contributed by atoms with Crippen molar-refractivity contribution in [3.63, 3.8) is 0 Å². The zero-order chi connectivity index (χ0) is 24.2. The molecule has 1 saturated heterocycles. The molecule has 2 bridgehead atoms. The van der Waals surface area contributed by atoms with Crippen molar-refractivity contribution in [2.45, 2.75) is 138 Å². The van der Waals surface area contributed by atoms with Gasteiger partial charge in [-0.3, -0.25) is 10.2 Å². The number of allylic oxidation sites excluding steroid dienone is 1. The molecule has 194 valence electrons. The largest absolute Gasteiger partial charge is 0.354 e. The van der Waals surface area contributed by atoms with Crippen LogP contribution in [0.15, 0.2) is 11.9 Å². The number of nitrogens with one attached hydrogen (secondary N) is 1. The number of rotatable bonds is 16. The Balaban J connectivity index is 2.34. The van der Waals surface area contributed by atoms with Crippen LogP contribution in [0.3, 0.4) is 0 Å². The second-order valence-electron chi connectivity index (χ2n) is 11.3. The van der Waals surface area contributed by atoms with Crippen LogP contribution in [-0.4, -0.2) is 46.9 Å². The molecule has 2 rings (SSSR count). The van der Waals surface area contributed by atoms with E-state index >= 15 is 0 Å². The van der Waals surface area contributed by atoms with Crippen LogP contribution in [0.1, 0.15) is 126 Å². The molecule has 4 heteroatoms. The predicted octanol–water partition coefficient (Wildman–Crippen LogP) is 7.59. The maximum Gasteiger partial charge on any atom is 0.0871 e. The second kappa shape index (κ2) is 15.3. The van der Waals surface area contributed by atoms with Gasteiger partial charge in [-0.2, -0.15) is 0 Å². The van der Waals surface area contributed by atoms with Gasteiger partial charge in [0.15, 0.2) is 0 Å². The normalized spacial score (nSPS) is 24.8. The fourth-order valence-corrected chi connectivity index (χ4v) is 5.94. The van der Waals surface area contributed by atoms with E-state index in [1.165, 1.54) is 77.0 Å². The van der Waals surface area contributed by atoms with Crippen LogP contribution in [-0.2, 0) is 0 Å². The summed E-state index contributed by atoms with van der Waals surface area (Å²) in [5, 5.41) is 3.70. The minimum Gasteiger partial charge on any atom is -0.354 e. The van der Waals surface area contributed by atoms with Gasteiger partial charge in [-0.1, -0.05) is 99.3 Å². The third-order valence-corrected chi connectivity index (χ3v) is 8.31. The van der Waals surface area contributed by atoms with Crippen molar-refractivity contribution in [1.82, 2.24) is 20.0 Å². The fourth-order valence-electron chi connectivity index (χ4n) is 5.94. The van der Waals surface area contributed by atoms with Gasteiger partial charge in [-0.25, -0.2) is 0 Å². The van der Waals surface area contributed by atoms with Crippen molar-refractivity contribution >= 4 is 0 Å². The molecule has 0 aromatic carbocycles. The Labute approximate surface area is 207 Å². The summed E-state index contributed by atoms with van der Waals surface area (Å²) in [5.74, 6) is 2.01. The molecule has 0 amide bonds. The van der Waals surface area contributed by atoms with Crippen molar-refractivity contribution in [2.75, 3.05) is 20.0 Å². The molecule has 0 saturated carbocycles. The van der Waals surface area contributed by atoms with Crippen LogP contribution in [0, 0.1) is 17.8 Å². The molecule has 0 aliphatic carbocycles. The van der Waals surface area contributed by atoms with E-state index in [1.54, 1.807) is 5.70 Å². The SMILES string of the molecule is CCCCCCC(C)C(C)N1C(C(C)CCCCC)=CN2CNCN(C2)C1C(C)CCCC. The lowest BCUT2D eigenvalue weighted by Gasteiger charge is -2.49. The molecule has 6 unspecified atom stereocenters. The van der Waals surface area contributed by atoms with Gasteiger partial charge in [0.25, 0.3) is 0 Å². The van der Waals surface area contributed by atoms with Crippen molar-refractivity contribution in [3.8, 4) is 0 Å². The maximum atomic E-state index is 3.70. The number of nitrogens with zero attached hydrogens (tertiary/aromatic N) is 3. The van der Waals surface area contributed by atoms with Gasteiger partial charge in [0.1, 0.15) is 0 Å². The highest BCUT2D eigenvalue weighted by Crippen LogP contribution is 2.37. The first kappa shape index (κ1) is 28.5. The van der Waals surface area contributed by atoms with E-state index in [9.17, 15) is 0 Å². The first-order valence-electron chi connectivity index (χ1n) is 14.6. The molecular formula is C29H58N4. The van der Waals surface area contributed by atoms with Gasteiger partial charge in [0.2, 0.25) is 0 Å². The molecule has 6 atom stereocenters. The van der Waals surface area contributed by atoms with Crippen LogP contribution < -0.4 is 5.32 Å². The van der Waals surface area contributed by atoms with Gasteiger partial charge in [0, 0.05) is 17.9 Å². The summed E-state index contributed by atoms with van der Waals surface area (Å²) in [7, 11) is 0. The number of hydrogen-bond acceptors (Lipinski definition) is 4. The number of hydrogen-bond donors (Lipinski definition) is 1. The lowest BCUT2D eigenvalue weighted by molar-refractivity contribution is -0.0436. The van der Waals surface area contributed by atoms with Crippen molar-refractivity contribution in [2.24, 2.45) is 17.8 Å². The average Bonchev–Trinajstić information content (AvgIpc) is 2.92. The minimum absolute atomic E-state index is 0.488. The van der Waals surface area contributed by atoms with Crippen LogP contribution in [0.25, 0.3) is 0 Å².